The van der Waals surface area contributed by atoms with E-state index in [0.29, 0.717) is 0 Å². The van der Waals surface area contributed by atoms with E-state index in [4.69, 9.17) is 5.11 Å². The predicted molar refractivity (Wildman–Crippen MR) is 79.9 cm³/mol. The van der Waals surface area contributed by atoms with Crippen molar-refractivity contribution >= 4 is 11.7 Å². The average Bonchev–Trinajstić information content (AvgIpc) is 2.28. The largest absolute Gasteiger partial charge is 0.481 e. The number of carbonyl (C=O) groups is 1. The third kappa shape index (κ3) is 5.33. The standard InChI is InChI=1S/C16H25NO2/c1-12-11-13(16(2,3)4)8-9-14(12)17-10-6-5-7-15(18)19/h8-9,11,17H,5-7,10H2,1-4H3,(H,18,19). The van der Waals surface area contributed by atoms with Gasteiger partial charge in [0.25, 0.3) is 0 Å². The molecule has 1 aromatic carbocycles. The molecule has 1 aromatic rings. The van der Waals surface area contributed by atoms with Crippen molar-refractivity contribution < 1.29 is 9.90 Å². The molecule has 0 bridgehead atoms. The monoisotopic (exact) mass is 263 g/mol. The van der Waals surface area contributed by atoms with Crippen molar-refractivity contribution in [2.75, 3.05) is 11.9 Å². The number of carboxylic acid groups (broad SMARTS) is 1. The number of anilines is 1. The lowest BCUT2D eigenvalue weighted by molar-refractivity contribution is -0.137. The number of benzene rings is 1. The first-order valence-electron chi connectivity index (χ1n) is 6.87. The van der Waals surface area contributed by atoms with Gasteiger partial charge in [-0.25, -0.2) is 0 Å². The zero-order chi connectivity index (χ0) is 14.5. The Balaban J connectivity index is 2.49. The molecule has 0 unspecified atom stereocenters. The van der Waals surface area contributed by atoms with Gasteiger partial charge in [0.2, 0.25) is 0 Å². The van der Waals surface area contributed by atoms with Crippen LogP contribution in [0.3, 0.4) is 0 Å². The Bertz CT molecular complexity index is 433. The zero-order valence-corrected chi connectivity index (χ0v) is 12.4. The summed E-state index contributed by atoms with van der Waals surface area (Å²) in [6, 6.07) is 6.50. The second-order valence-electron chi connectivity index (χ2n) is 6.06. The smallest absolute Gasteiger partial charge is 0.303 e. The maximum Gasteiger partial charge on any atom is 0.303 e. The second kappa shape index (κ2) is 6.60. The van der Waals surface area contributed by atoms with E-state index in [0.717, 1.165) is 25.1 Å². The highest BCUT2D eigenvalue weighted by molar-refractivity contribution is 5.66. The third-order valence-electron chi connectivity index (χ3n) is 3.23. The van der Waals surface area contributed by atoms with Crippen molar-refractivity contribution in [1.82, 2.24) is 0 Å². The lowest BCUT2D eigenvalue weighted by atomic mass is 9.86. The van der Waals surface area contributed by atoms with E-state index >= 15 is 0 Å². The van der Waals surface area contributed by atoms with Gasteiger partial charge in [-0.3, -0.25) is 4.79 Å². The predicted octanol–water partition coefficient (Wildman–Crippen LogP) is 3.96. The normalized spacial score (nSPS) is 11.4. The fourth-order valence-corrected chi connectivity index (χ4v) is 1.95. The molecule has 0 fully saturated rings. The van der Waals surface area contributed by atoms with E-state index in [2.05, 4.69) is 51.2 Å². The number of hydrogen-bond donors (Lipinski definition) is 2. The first-order chi connectivity index (χ1) is 8.80. The molecule has 106 valence electrons. The molecule has 0 aromatic heterocycles. The van der Waals surface area contributed by atoms with Gasteiger partial charge in [0.15, 0.2) is 0 Å². The Kier molecular flexibility index (Phi) is 5.40. The van der Waals surface area contributed by atoms with E-state index in [1.165, 1.54) is 11.1 Å². The summed E-state index contributed by atoms with van der Waals surface area (Å²) in [6.07, 6.45) is 1.86. The minimum atomic E-state index is -0.717. The highest BCUT2D eigenvalue weighted by atomic mass is 16.4. The van der Waals surface area contributed by atoms with Gasteiger partial charge in [0, 0.05) is 18.7 Å². The van der Waals surface area contributed by atoms with Crippen molar-refractivity contribution in [2.45, 2.75) is 52.4 Å². The molecule has 0 aliphatic rings. The van der Waals surface area contributed by atoms with Crippen LogP contribution in [0.1, 0.15) is 51.2 Å². The van der Waals surface area contributed by atoms with Crippen LogP contribution in [0.2, 0.25) is 0 Å². The molecule has 0 saturated heterocycles. The Morgan fingerprint density at radius 1 is 1.26 bits per heavy atom. The Hall–Kier alpha value is -1.51. The Morgan fingerprint density at radius 3 is 2.47 bits per heavy atom. The lowest BCUT2D eigenvalue weighted by Crippen LogP contribution is -2.12. The topological polar surface area (TPSA) is 49.3 Å². The SMILES string of the molecule is Cc1cc(C(C)(C)C)ccc1NCCCCC(=O)O. The molecule has 0 saturated carbocycles. The number of rotatable bonds is 6. The van der Waals surface area contributed by atoms with Gasteiger partial charge in [0.05, 0.1) is 0 Å². The summed E-state index contributed by atoms with van der Waals surface area (Å²) >= 11 is 0. The molecule has 1 rings (SSSR count). The van der Waals surface area contributed by atoms with Crippen molar-refractivity contribution in [3.8, 4) is 0 Å². The van der Waals surface area contributed by atoms with Gasteiger partial charge in [-0.15, -0.1) is 0 Å². The molecule has 0 aliphatic carbocycles. The summed E-state index contributed by atoms with van der Waals surface area (Å²) in [5.74, 6) is -0.717. The van der Waals surface area contributed by atoms with Crippen LogP contribution in [-0.4, -0.2) is 17.6 Å². The molecule has 0 atom stereocenters. The van der Waals surface area contributed by atoms with E-state index < -0.39 is 5.97 Å². The van der Waals surface area contributed by atoms with Crippen LogP contribution < -0.4 is 5.32 Å². The molecule has 19 heavy (non-hydrogen) atoms. The fraction of sp³-hybridized carbons (Fsp3) is 0.562. The Labute approximate surface area is 116 Å². The maximum absolute atomic E-state index is 10.4. The minimum Gasteiger partial charge on any atom is -0.481 e. The van der Waals surface area contributed by atoms with Gasteiger partial charge in [0.1, 0.15) is 0 Å². The second-order valence-corrected chi connectivity index (χ2v) is 6.06. The van der Waals surface area contributed by atoms with Crippen LogP contribution in [0.5, 0.6) is 0 Å². The van der Waals surface area contributed by atoms with Gasteiger partial charge >= 0.3 is 5.97 Å². The van der Waals surface area contributed by atoms with Crippen LogP contribution in [0.4, 0.5) is 5.69 Å². The molecular weight excluding hydrogens is 238 g/mol. The van der Waals surface area contributed by atoms with E-state index in [1.807, 2.05) is 0 Å². The summed E-state index contributed by atoms with van der Waals surface area (Å²) in [5, 5.41) is 11.9. The van der Waals surface area contributed by atoms with Crippen LogP contribution in [-0.2, 0) is 10.2 Å². The maximum atomic E-state index is 10.4. The molecule has 3 nitrogen and oxygen atoms in total. The van der Waals surface area contributed by atoms with Crippen molar-refractivity contribution in [1.29, 1.82) is 0 Å². The lowest BCUT2D eigenvalue weighted by Gasteiger charge is -2.21. The summed E-state index contributed by atoms with van der Waals surface area (Å²) in [7, 11) is 0. The number of carboxylic acids is 1. The van der Waals surface area contributed by atoms with E-state index in [-0.39, 0.29) is 11.8 Å². The van der Waals surface area contributed by atoms with Gasteiger partial charge in [-0.2, -0.15) is 0 Å². The number of aliphatic carboxylic acids is 1. The molecule has 0 heterocycles. The van der Waals surface area contributed by atoms with Crippen LogP contribution >= 0.6 is 0 Å². The molecule has 0 radical (unpaired) electrons. The number of aryl methyl sites for hydroxylation is 1. The van der Waals surface area contributed by atoms with Gasteiger partial charge in [-0.05, 0) is 42.4 Å². The molecular formula is C16H25NO2. The summed E-state index contributed by atoms with van der Waals surface area (Å²) < 4.78 is 0. The molecule has 0 aliphatic heterocycles. The molecule has 0 amide bonds. The first-order valence-corrected chi connectivity index (χ1v) is 6.87. The van der Waals surface area contributed by atoms with Gasteiger partial charge < -0.3 is 10.4 Å². The molecule has 3 heteroatoms. The third-order valence-corrected chi connectivity index (χ3v) is 3.23. The highest BCUT2D eigenvalue weighted by Crippen LogP contribution is 2.26. The summed E-state index contributed by atoms with van der Waals surface area (Å²) in [6.45, 7) is 9.56. The average molecular weight is 263 g/mol. The van der Waals surface area contributed by atoms with Crippen LogP contribution in [0.15, 0.2) is 18.2 Å². The summed E-state index contributed by atoms with van der Waals surface area (Å²) in [5.41, 5.74) is 3.89. The van der Waals surface area contributed by atoms with Crippen LogP contribution in [0.25, 0.3) is 0 Å². The minimum absolute atomic E-state index is 0.171. The zero-order valence-electron chi connectivity index (χ0n) is 12.4. The highest BCUT2D eigenvalue weighted by Gasteiger charge is 2.14. The number of nitrogens with one attached hydrogen (secondary N) is 1. The van der Waals surface area contributed by atoms with Gasteiger partial charge in [-0.1, -0.05) is 32.9 Å². The van der Waals surface area contributed by atoms with Crippen molar-refractivity contribution in [3.63, 3.8) is 0 Å². The van der Waals surface area contributed by atoms with Crippen molar-refractivity contribution in [3.05, 3.63) is 29.3 Å². The van der Waals surface area contributed by atoms with E-state index in [1.54, 1.807) is 0 Å². The molecule has 2 N–H and O–H groups in total. The Morgan fingerprint density at radius 2 is 1.95 bits per heavy atom. The summed E-state index contributed by atoms with van der Waals surface area (Å²) in [4.78, 5) is 10.4. The quantitative estimate of drug-likeness (QED) is 0.764. The first kappa shape index (κ1) is 15.5. The van der Waals surface area contributed by atoms with Crippen molar-refractivity contribution in [2.24, 2.45) is 0 Å². The number of unbranched alkanes of at least 4 members (excludes halogenated alkanes) is 1. The molecule has 0 spiro atoms. The van der Waals surface area contributed by atoms with E-state index in [9.17, 15) is 4.79 Å². The number of hydrogen-bond acceptors (Lipinski definition) is 2. The van der Waals surface area contributed by atoms with Crippen LogP contribution in [0, 0.1) is 6.92 Å². The fourth-order valence-electron chi connectivity index (χ4n) is 1.95.